The minimum atomic E-state index is -1.27. The largest absolute Gasteiger partial charge is 0.480 e. The van der Waals surface area contributed by atoms with Gasteiger partial charge in [0.25, 0.3) is 11.8 Å². The zero-order valence-electron chi connectivity index (χ0n) is 32.9. The summed E-state index contributed by atoms with van der Waals surface area (Å²) in [6.07, 6.45) is 5.20. The number of hydrogen-bond donors (Lipinski definition) is 8. The average Bonchev–Trinajstić information content (AvgIpc) is 3.47. The van der Waals surface area contributed by atoms with Gasteiger partial charge < -0.3 is 41.4 Å². The molecule has 0 spiro atoms. The number of aromatic nitrogens is 1. The van der Waals surface area contributed by atoms with Crippen LogP contribution in [0.5, 0.6) is 0 Å². The van der Waals surface area contributed by atoms with Gasteiger partial charge in [-0.3, -0.25) is 67.5 Å². The molecule has 60 heavy (non-hydrogen) atoms. The highest BCUT2D eigenvalue weighted by Crippen LogP contribution is 2.20. The normalized spacial score (nSPS) is 12.4. The van der Waals surface area contributed by atoms with Crippen LogP contribution in [-0.2, 0) is 49.6 Å². The van der Waals surface area contributed by atoms with Crippen LogP contribution in [-0.4, -0.2) is 177 Å². The number of anilines is 1. The number of benzene rings is 1. The maximum Gasteiger partial charge on any atom is 0.317 e. The summed E-state index contributed by atoms with van der Waals surface area (Å²) in [6, 6.07) is 5.95. The number of pyridine rings is 1. The van der Waals surface area contributed by atoms with Crippen LogP contribution in [0.4, 0.5) is 5.69 Å². The molecular weight excluding hydrogens is 792 g/mol. The molecule has 0 fully saturated rings. The molecular formula is C38H50N8O14. The molecule has 8 N–H and O–H groups in total. The summed E-state index contributed by atoms with van der Waals surface area (Å²) in [5.74, 6) is -7.10. The summed E-state index contributed by atoms with van der Waals surface area (Å²) < 4.78 is 0. The zero-order valence-corrected chi connectivity index (χ0v) is 32.9. The molecule has 2 aromatic rings. The maximum atomic E-state index is 13.0. The number of carbonyl (C=O) groups excluding carboxylic acids is 5. The molecule has 1 aliphatic heterocycles. The number of carbonyl (C=O) groups is 9. The van der Waals surface area contributed by atoms with Crippen LogP contribution in [0, 0.1) is 0 Å². The fourth-order valence-electron chi connectivity index (χ4n) is 6.24. The van der Waals surface area contributed by atoms with Crippen molar-refractivity contribution in [3.05, 3.63) is 52.3 Å². The minimum absolute atomic E-state index is 0.0179. The van der Waals surface area contributed by atoms with Crippen LogP contribution in [0.2, 0.25) is 0 Å². The fraction of sp³-hybridized carbons (Fsp3) is 0.474. The molecule has 0 saturated carbocycles. The number of imide groups is 1. The zero-order chi connectivity index (χ0) is 44.2. The molecule has 22 nitrogen and oxygen atoms in total. The van der Waals surface area contributed by atoms with E-state index in [9.17, 15) is 58.2 Å². The van der Waals surface area contributed by atoms with E-state index in [1.807, 2.05) is 0 Å². The number of H-pyrrole nitrogens is 1. The van der Waals surface area contributed by atoms with Crippen LogP contribution in [0.1, 0.15) is 37.7 Å². The first-order valence-corrected chi connectivity index (χ1v) is 19.1. The van der Waals surface area contributed by atoms with Gasteiger partial charge >= 0.3 is 23.9 Å². The number of unbranched alkanes of at least 4 members (excludes halogenated alkanes) is 3. The average molecular weight is 843 g/mol. The van der Waals surface area contributed by atoms with Gasteiger partial charge in [0.2, 0.25) is 23.3 Å². The number of nitrogens with zero attached hydrogens (tertiary/aromatic N) is 4. The van der Waals surface area contributed by atoms with Crippen LogP contribution >= 0.6 is 0 Å². The van der Waals surface area contributed by atoms with Crippen molar-refractivity contribution in [3.63, 3.8) is 0 Å². The first-order valence-electron chi connectivity index (χ1n) is 19.1. The third-order valence-corrected chi connectivity index (χ3v) is 9.04. The van der Waals surface area contributed by atoms with Crippen LogP contribution in [0.25, 0.3) is 10.9 Å². The molecule has 0 atom stereocenters. The van der Waals surface area contributed by atoms with Crippen LogP contribution in [0.3, 0.4) is 0 Å². The van der Waals surface area contributed by atoms with E-state index < -0.39 is 79.9 Å². The standard InChI is InChI=1S/C38H50N8O14/c47-29(9-12-46-33(51)7-8-34(46)52)39-10-3-1-2-4-11-40-30(48)17-25-18-31(49)42-28-19-26(5-6-27(25)28)41-32(50)20-44(22-36(55)56)15-13-43(21-35(53)54)14-16-45(23-37(57)58)24-38(59)60/h5-8,18-19H,1-4,9-17,20-24H2,(H,39,47)(H,40,48)(H,41,50)(H,42,49)(H,53,54)(H,55,56)(H,57,58)(H,59,60). The molecule has 1 aromatic heterocycles. The van der Waals surface area contributed by atoms with Gasteiger partial charge in [0.15, 0.2) is 0 Å². The van der Waals surface area contributed by atoms with E-state index in [4.69, 9.17) is 10.2 Å². The van der Waals surface area contributed by atoms with E-state index in [1.165, 1.54) is 21.9 Å². The van der Waals surface area contributed by atoms with E-state index in [-0.39, 0.29) is 63.1 Å². The molecule has 0 bridgehead atoms. The Balaban J connectivity index is 1.46. The number of carboxylic acids is 4. The number of fused-ring (bicyclic) bond motifs is 1. The number of hydrogen-bond acceptors (Lipinski definition) is 13. The SMILES string of the molecule is O=C(O)CN(CCN(CC(=O)O)CC(=O)O)CCN(CC(=O)O)CC(=O)Nc1ccc2c(CC(=O)NCCCCCCNC(=O)CCN3C(=O)C=CC3=O)cc(=O)[nH]c2c1. The van der Waals surface area contributed by atoms with Gasteiger partial charge in [0, 0.05) is 81.5 Å². The van der Waals surface area contributed by atoms with Crippen molar-refractivity contribution in [2.24, 2.45) is 0 Å². The molecule has 0 saturated heterocycles. The predicted octanol–water partition coefficient (Wildman–Crippen LogP) is -1.64. The van der Waals surface area contributed by atoms with Crippen molar-refractivity contribution in [3.8, 4) is 0 Å². The molecule has 5 amide bonds. The second kappa shape index (κ2) is 24.4. The lowest BCUT2D eigenvalue weighted by Crippen LogP contribution is -2.46. The first-order chi connectivity index (χ1) is 28.5. The van der Waals surface area contributed by atoms with Crippen LogP contribution < -0.4 is 21.5 Å². The Morgan fingerprint density at radius 3 is 1.65 bits per heavy atom. The van der Waals surface area contributed by atoms with Gasteiger partial charge in [-0.25, -0.2) is 0 Å². The summed E-state index contributed by atoms with van der Waals surface area (Å²) in [5.41, 5.74) is 0.555. The van der Waals surface area contributed by atoms with E-state index in [1.54, 1.807) is 12.1 Å². The van der Waals surface area contributed by atoms with Crippen molar-refractivity contribution in [2.45, 2.75) is 38.5 Å². The lowest BCUT2D eigenvalue weighted by atomic mass is 10.1. The summed E-state index contributed by atoms with van der Waals surface area (Å²) in [7, 11) is 0. The monoisotopic (exact) mass is 842 g/mol. The lowest BCUT2D eigenvalue weighted by Gasteiger charge is -2.27. The molecule has 1 aliphatic rings. The fourth-order valence-corrected chi connectivity index (χ4v) is 6.24. The number of aromatic amines is 1. The molecule has 22 heteroatoms. The third kappa shape index (κ3) is 18.0. The van der Waals surface area contributed by atoms with E-state index in [2.05, 4.69) is 20.9 Å². The highest BCUT2D eigenvalue weighted by Gasteiger charge is 2.24. The number of carboxylic acid groups (broad SMARTS) is 4. The molecule has 0 unspecified atom stereocenters. The summed E-state index contributed by atoms with van der Waals surface area (Å²) in [4.78, 5) is 126. The van der Waals surface area contributed by atoms with E-state index in [0.717, 1.165) is 34.8 Å². The third-order valence-electron chi connectivity index (χ3n) is 9.04. The van der Waals surface area contributed by atoms with E-state index in [0.29, 0.717) is 42.4 Å². The minimum Gasteiger partial charge on any atom is -0.480 e. The van der Waals surface area contributed by atoms with Gasteiger partial charge in [-0.05, 0) is 30.5 Å². The number of amides is 5. The Hall–Kier alpha value is -6.52. The van der Waals surface area contributed by atoms with Crippen molar-refractivity contribution >= 4 is 70.0 Å². The second-order valence-electron chi connectivity index (χ2n) is 13.9. The Bertz CT molecular complexity index is 1970. The van der Waals surface area contributed by atoms with Gasteiger partial charge in [-0.15, -0.1) is 0 Å². The quantitative estimate of drug-likeness (QED) is 0.0336. The van der Waals surface area contributed by atoms with Gasteiger partial charge in [0.05, 0.1) is 44.7 Å². The Labute approximate surface area is 343 Å². The first kappa shape index (κ1) is 47.9. The lowest BCUT2D eigenvalue weighted by molar-refractivity contribution is -0.143. The summed E-state index contributed by atoms with van der Waals surface area (Å²) in [6.45, 7) is -2.16. The highest BCUT2D eigenvalue weighted by atomic mass is 16.4. The van der Waals surface area contributed by atoms with Crippen LogP contribution in [0.15, 0.2) is 41.2 Å². The Morgan fingerprint density at radius 1 is 0.600 bits per heavy atom. The summed E-state index contributed by atoms with van der Waals surface area (Å²) in [5, 5.41) is 45.7. The molecule has 0 radical (unpaired) electrons. The number of aliphatic carboxylic acids is 4. The number of rotatable bonds is 29. The molecule has 0 aliphatic carbocycles. The van der Waals surface area contributed by atoms with Crippen molar-refractivity contribution < 1.29 is 63.6 Å². The molecule has 326 valence electrons. The van der Waals surface area contributed by atoms with Gasteiger partial charge in [-0.1, -0.05) is 18.9 Å². The van der Waals surface area contributed by atoms with Gasteiger partial charge in [-0.2, -0.15) is 0 Å². The molecule has 3 rings (SSSR count). The maximum absolute atomic E-state index is 13.0. The predicted molar refractivity (Wildman–Crippen MR) is 212 cm³/mol. The Kier molecular flexibility index (Phi) is 19.5. The Morgan fingerprint density at radius 2 is 1.10 bits per heavy atom. The second-order valence-corrected chi connectivity index (χ2v) is 13.9. The molecule has 1 aromatic carbocycles. The van der Waals surface area contributed by atoms with Crippen molar-refractivity contribution in [2.75, 3.05) is 83.9 Å². The number of nitrogens with one attached hydrogen (secondary N) is 4. The van der Waals surface area contributed by atoms with E-state index >= 15 is 0 Å². The van der Waals surface area contributed by atoms with Crippen molar-refractivity contribution in [1.29, 1.82) is 0 Å². The smallest absolute Gasteiger partial charge is 0.317 e. The van der Waals surface area contributed by atoms with Gasteiger partial charge in [0.1, 0.15) is 0 Å². The topological polar surface area (TPSA) is 316 Å². The van der Waals surface area contributed by atoms with Crippen molar-refractivity contribution in [1.82, 2.24) is 35.2 Å². The molecule has 2 heterocycles. The summed E-state index contributed by atoms with van der Waals surface area (Å²) >= 11 is 0. The highest BCUT2D eigenvalue weighted by molar-refractivity contribution is 6.13.